The molecule has 0 aliphatic heterocycles. The van der Waals surface area contributed by atoms with E-state index in [0.717, 1.165) is 27.2 Å². The monoisotopic (exact) mass is 382 g/mol. The molecule has 0 aliphatic rings. The molecule has 2 aromatic carbocycles. The molecule has 3 aromatic rings. The molecule has 5 heteroatoms. The van der Waals surface area contributed by atoms with E-state index >= 15 is 0 Å². The minimum atomic E-state index is 0.295. The van der Waals surface area contributed by atoms with Crippen LogP contribution in [-0.4, -0.2) is 16.0 Å². The molecule has 1 aromatic heterocycles. The van der Waals surface area contributed by atoms with Crippen molar-refractivity contribution in [2.45, 2.75) is 19.9 Å². The van der Waals surface area contributed by atoms with Gasteiger partial charge in [-0.25, -0.2) is 4.98 Å². The van der Waals surface area contributed by atoms with Crippen LogP contribution in [0.5, 0.6) is 0 Å². The first-order valence-corrected chi connectivity index (χ1v) is 8.63. The third-order valence-electron chi connectivity index (χ3n) is 3.33. The van der Waals surface area contributed by atoms with Crippen LogP contribution in [0.25, 0.3) is 11.3 Å². The predicted octanol–water partition coefficient (Wildman–Crippen LogP) is 5.47. The van der Waals surface area contributed by atoms with Crippen LogP contribution in [0.1, 0.15) is 13.8 Å². The normalized spacial score (nSPS) is 10.7. The summed E-state index contributed by atoms with van der Waals surface area (Å²) >= 11 is 3.44. The van der Waals surface area contributed by atoms with E-state index in [0.29, 0.717) is 12.0 Å². The zero-order valence-corrected chi connectivity index (χ0v) is 15.2. The largest absolute Gasteiger partial charge is 0.368 e. The quantitative estimate of drug-likeness (QED) is 0.614. The SMILES string of the molecule is CC(C)Nc1cc(-c2ccccc2)nc(Nc2ccc(Br)cc2)n1. The van der Waals surface area contributed by atoms with Gasteiger partial charge in [0.15, 0.2) is 0 Å². The Morgan fingerprint density at radius 1 is 0.917 bits per heavy atom. The lowest BCUT2D eigenvalue weighted by Gasteiger charge is -2.13. The number of nitrogens with zero attached hydrogens (tertiary/aromatic N) is 2. The molecule has 24 heavy (non-hydrogen) atoms. The number of halogens is 1. The Morgan fingerprint density at radius 3 is 2.29 bits per heavy atom. The van der Waals surface area contributed by atoms with Crippen molar-refractivity contribution in [1.29, 1.82) is 0 Å². The standard InChI is InChI=1S/C19H19BrN4/c1-13(2)21-18-12-17(14-6-4-3-5-7-14)23-19(24-18)22-16-10-8-15(20)9-11-16/h3-13H,1-2H3,(H2,21,22,23,24). The molecule has 0 bridgehead atoms. The topological polar surface area (TPSA) is 49.8 Å². The molecule has 0 unspecified atom stereocenters. The first kappa shape index (κ1) is 16.5. The number of nitrogens with one attached hydrogen (secondary N) is 2. The summed E-state index contributed by atoms with van der Waals surface area (Å²) in [5.41, 5.74) is 2.89. The van der Waals surface area contributed by atoms with Crippen LogP contribution in [0, 0.1) is 0 Å². The molecule has 0 saturated heterocycles. The summed E-state index contributed by atoms with van der Waals surface area (Å²) in [6.45, 7) is 4.18. The lowest BCUT2D eigenvalue weighted by atomic mass is 10.1. The molecule has 1 heterocycles. The Hall–Kier alpha value is -2.40. The Morgan fingerprint density at radius 2 is 1.62 bits per heavy atom. The number of benzene rings is 2. The Balaban J connectivity index is 1.96. The zero-order valence-electron chi connectivity index (χ0n) is 13.6. The fraction of sp³-hybridized carbons (Fsp3) is 0.158. The van der Waals surface area contributed by atoms with Crippen molar-refractivity contribution in [2.24, 2.45) is 0 Å². The highest BCUT2D eigenvalue weighted by Gasteiger charge is 2.08. The predicted molar refractivity (Wildman–Crippen MR) is 104 cm³/mol. The van der Waals surface area contributed by atoms with E-state index in [-0.39, 0.29) is 0 Å². The van der Waals surface area contributed by atoms with Crippen molar-refractivity contribution >= 4 is 33.4 Å². The average molecular weight is 383 g/mol. The molecule has 0 spiro atoms. The number of aromatic nitrogens is 2. The molecule has 0 saturated carbocycles. The first-order valence-electron chi connectivity index (χ1n) is 7.84. The molecule has 0 fully saturated rings. The van der Waals surface area contributed by atoms with E-state index in [2.05, 4.69) is 50.4 Å². The van der Waals surface area contributed by atoms with Crippen molar-refractivity contribution in [2.75, 3.05) is 10.6 Å². The van der Waals surface area contributed by atoms with Crippen LogP contribution in [-0.2, 0) is 0 Å². The van der Waals surface area contributed by atoms with Crippen LogP contribution in [0.15, 0.2) is 65.1 Å². The van der Waals surface area contributed by atoms with E-state index < -0.39 is 0 Å². The van der Waals surface area contributed by atoms with Crippen LogP contribution >= 0.6 is 15.9 Å². The van der Waals surface area contributed by atoms with E-state index in [1.165, 1.54) is 0 Å². The minimum absolute atomic E-state index is 0.295. The second kappa shape index (κ2) is 7.45. The molecular weight excluding hydrogens is 364 g/mol. The molecule has 0 amide bonds. The van der Waals surface area contributed by atoms with Gasteiger partial charge in [0, 0.05) is 27.8 Å². The number of anilines is 3. The average Bonchev–Trinajstić information content (AvgIpc) is 2.57. The summed E-state index contributed by atoms with van der Waals surface area (Å²) in [5, 5.41) is 6.62. The maximum Gasteiger partial charge on any atom is 0.229 e. The minimum Gasteiger partial charge on any atom is -0.368 e. The Bertz CT molecular complexity index is 801. The Labute approximate surface area is 150 Å². The molecular formula is C19H19BrN4. The van der Waals surface area contributed by atoms with Crippen LogP contribution in [0.4, 0.5) is 17.5 Å². The lowest BCUT2D eigenvalue weighted by molar-refractivity contribution is 0.887. The zero-order chi connectivity index (χ0) is 16.9. The van der Waals surface area contributed by atoms with Gasteiger partial charge in [-0.3, -0.25) is 0 Å². The number of hydrogen-bond acceptors (Lipinski definition) is 4. The van der Waals surface area contributed by atoms with Gasteiger partial charge in [0.2, 0.25) is 5.95 Å². The number of rotatable bonds is 5. The first-order chi connectivity index (χ1) is 11.6. The fourth-order valence-electron chi connectivity index (χ4n) is 2.29. The number of hydrogen-bond donors (Lipinski definition) is 2. The van der Waals surface area contributed by atoms with Crippen LogP contribution in [0.2, 0.25) is 0 Å². The smallest absolute Gasteiger partial charge is 0.229 e. The highest BCUT2D eigenvalue weighted by atomic mass is 79.9. The highest BCUT2D eigenvalue weighted by molar-refractivity contribution is 9.10. The molecule has 122 valence electrons. The summed E-state index contributed by atoms with van der Waals surface area (Å²) in [6.07, 6.45) is 0. The summed E-state index contributed by atoms with van der Waals surface area (Å²) in [6, 6.07) is 20.3. The van der Waals surface area contributed by atoms with E-state index in [1.54, 1.807) is 0 Å². The van der Waals surface area contributed by atoms with E-state index in [9.17, 15) is 0 Å². The summed E-state index contributed by atoms with van der Waals surface area (Å²) in [5.74, 6) is 1.38. The summed E-state index contributed by atoms with van der Waals surface area (Å²) < 4.78 is 1.04. The van der Waals surface area contributed by atoms with E-state index in [1.807, 2.05) is 60.7 Å². The third-order valence-corrected chi connectivity index (χ3v) is 3.86. The highest BCUT2D eigenvalue weighted by Crippen LogP contribution is 2.24. The Kier molecular flexibility index (Phi) is 5.11. The second-order valence-electron chi connectivity index (χ2n) is 5.76. The van der Waals surface area contributed by atoms with Gasteiger partial charge >= 0.3 is 0 Å². The van der Waals surface area contributed by atoms with Crippen LogP contribution < -0.4 is 10.6 Å². The van der Waals surface area contributed by atoms with Gasteiger partial charge in [-0.15, -0.1) is 0 Å². The molecule has 0 aliphatic carbocycles. The second-order valence-corrected chi connectivity index (χ2v) is 6.67. The van der Waals surface area contributed by atoms with Crippen molar-refractivity contribution < 1.29 is 0 Å². The molecule has 0 radical (unpaired) electrons. The maximum absolute atomic E-state index is 4.65. The van der Waals surface area contributed by atoms with Gasteiger partial charge in [-0.05, 0) is 38.1 Å². The molecule has 4 nitrogen and oxygen atoms in total. The van der Waals surface area contributed by atoms with Gasteiger partial charge < -0.3 is 10.6 Å². The maximum atomic E-state index is 4.65. The van der Waals surface area contributed by atoms with E-state index in [4.69, 9.17) is 0 Å². The van der Waals surface area contributed by atoms with Gasteiger partial charge in [0.25, 0.3) is 0 Å². The van der Waals surface area contributed by atoms with Crippen molar-refractivity contribution in [3.8, 4) is 11.3 Å². The molecule has 2 N–H and O–H groups in total. The molecule has 0 atom stereocenters. The van der Waals surface area contributed by atoms with Gasteiger partial charge in [-0.2, -0.15) is 4.98 Å². The fourth-order valence-corrected chi connectivity index (χ4v) is 2.56. The summed E-state index contributed by atoms with van der Waals surface area (Å²) in [7, 11) is 0. The van der Waals surface area contributed by atoms with Gasteiger partial charge in [0.05, 0.1) is 5.69 Å². The van der Waals surface area contributed by atoms with Crippen molar-refractivity contribution in [3.05, 3.63) is 65.1 Å². The lowest BCUT2D eigenvalue weighted by Crippen LogP contribution is -2.12. The van der Waals surface area contributed by atoms with Crippen molar-refractivity contribution in [1.82, 2.24) is 9.97 Å². The molecule has 3 rings (SSSR count). The van der Waals surface area contributed by atoms with Crippen molar-refractivity contribution in [3.63, 3.8) is 0 Å². The van der Waals surface area contributed by atoms with Crippen LogP contribution in [0.3, 0.4) is 0 Å². The van der Waals surface area contributed by atoms with Gasteiger partial charge in [0.1, 0.15) is 5.82 Å². The summed E-state index contributed by atoms with van der Waals surface area (Å²) in [4.78, 5) is 9.23. The third kappa shape index (κ3) is 4.32. The van der Waals surface area contributed by atoms with Gasteiger partial charge in [-0.1, -0.05) is 46.3 Å².